The summed E-state index contributed by atoms with van der Waals surface area (Å²) in [6, 6.07) is 12.1. The fourth-order valence-corrected chi connectivity index (χ4v) is 6.50. The van der Waals surface area contributed by atoms with E-state index in [1.807, 2.05) is 24.3 Å². The van der Waals surface area contributed by atoms with E-state index >= 15 is 0 Å². The van der Waals surface area contributed by atoms with E-state index in [-0.39, 0.29) is 21.9 Å². The highest BCUT2D eigenvalue weighted by molar-refractivity contribution is 7.89. The summed E-state index contributed by atoms with van der Waals surface area (Å²) in [6.07, 6.45) is 1.39. The Morgan fingerprint density at radius 3 is 2.48 bits per heavy atom. The summed E-state index contributed by atoms with van der Waals surface area (Å²) in [5.41, 5.74) is 1.30. The number of fused-ring (bicyclic) bond motifs is 2. The number of aromatic nitrogens is 1. The maximum absolute atomic E-state index is 13.1. The van der Waals surface area contributed by atoms with E-state index < -0.39 is 21.8 Å². The molecule has 1 N–H and O–H groups in total. The monoisotopic (exact) mass is 427 g/mol. The third-order valence-corrected chi connectivity index (χ3v) is 8.55. The summed E-state index contributed by atoms with van der Waals surface area (Å²) in [5.74, 6) is -0.815. The van der Waals surface area contributed by atoms with Gasteiger partial charge in [0, 0.05) is 19.0 Å². The lowest BCUT2D eigenvalue weighted by Gasteiger charge is -2.30. The Labute approximate surface area is 171 Å². The molecule has 3 aromatic rings. The number of thiazole rings is 1. The molecule has 9 heteroatoms. The van der Waals surface area contributed by atoms with Crippen LogP contribution in [0, 0.1) is 0 Å². The number of imide groups is 1. The zero-order valence-corrected chi connectivity index (χ0v) is 16.9. The fourth-order valence-electron chi connectivity index (χ4n) is 3.86. The molecule has 3 heterocycles. The summed E-state index contributed by atoms with van der Waals surface area (Å²) in [4.78, 5) is 28.3. The molecule has 2 aromatic carbocycles. The first-order valence-electron chi connectivity index (χ1n) is 9.29. The SMILES string of the molecule is O=C1NC(=O)c2cc(S(=O)(=O)N3CCC(c4nc5ccccc5s4)CC3)ccc21. The molecule has 0 bridgehead atoms. The molecule has 0 saturated carbocycles. The molecular weight excluding hydrogens is 410 g/mol. The van der Waals surface area contributed by atoms with Gasteiger partial charge in [-0.25, -0.2) is 13.4 Å². The lowest BCUT2D eigenvalue weighted by atomic mass is 9.99. The van der Waals surface area contributed by atoms with Crippen LogP contribution >= 0.6 is 11.3 Å². The molecule has 29 heavy (non-hydrogen) atoms. The van der Waals surface area contributed by atoms with Crippen LogP contribution in [0.4, 0.5) is 0 Å². The number of amides is 2. The van der Waals surface area contributed by atoms with Gasteiger partial charge in [-0.15, -0.1) is 11.3 Å². The smallest absolute Gasteiger partial charge is 0.258 e. The van der Waals surface area contributed by atoms with Gasteiger partial charge in [-0.2, -0.15) is 4.31 Å². The van der Waals surface area contributed by atoms with Gasteiger partial charge >= 0.3 is 0 Å². The second-order valence-electron chi connectivity index (χ2n) is 7.19. The minimum atomic E-state index is -3.73. The molecule has 1 aromatic heterocycles. The largest absolute Gasteiger partial charge is 0.288 e. The summed E-state index contributed by atoms with van der Waals surface area (Å²) in [7, 11) is -3.73. The Kier molecular flexibility index (Phi) is 4.27. The van der Waals surface area contributed by atoms with E-state index in [1.165, 1.54) is 22.5 Å². The molecule has 148 valence electrons. The van der Waals surface area contributed by atoms with Crippen LogP contribution in [0.5, 0.6) is 0 Å². The summed E-state index contributed by atoms with van der Waals surface area (Å²) in [5, 5.41) is 3.24. The third-order valence-electron chi connectivity index (χ3n) is 5.46. The highest BCUT2D eigenvalue weighted by atomic mass is 32.2. The molecule has 0 spiro atoms. The van der Waals surface area contributed by atoms with E-state index in [0.717, 1.165) is 15.2 Å². The number of nitrogens with one attached hydrogen (secondary N) is 1. The molecule has 2 aliphatic heterocycles. The van der Waals surface area contributed by atoms with Crippen molar-refractivity contribution in [2.75, 3.05) is 13.1 Å². The van der Waals surface area contributed by atoms with Gasteiger partial charge in [-0.05, 0) is 43.2 Å². The number of sulfonamides is 1. The Bertz CT molecular complexity index is 1220. The van der Waals surface area contributed by atoms with E-state index in [2.05, 4.69) is 5.32 Å². The number of benzene rings is 2. The van der Waals surface area contributed by atoms with Gasteiger partial charge < -0.3 is 0 Å². The van der Waals surface area contributed by atoms with Gasteiger partial charge in [0.1, 0.15) is 0 Å². The van der Waals surface area contributed by atoms with Crippen LogP contribution in [-0.4, -0.2) is 42.6 Å². The van der Waals surface area contributed by atoms with Crippen molar-refractivity contribution in [1.29, 1.82) is 0 Å². The molecule has 5 rings (SSSR count). The quantitative estimate of drug-likeness (QED) is 0.649. The Morgan fingerprint density at radius 2 is 1.72 bits per heavy atom. The van der Waals surface area contributed by atoms with Gasteiger partial charge in [-0.1, -0.05) is 12.1 Å². The van der Waals surface area contributed by atoms with Crippen LogP contribution < -0.4 is 5.32 Å². The third kappa shape index (κ3) is 3.06. The van der Waals surface area contributed by atoms with Crippen LogP contribution in [0.3, 0.4) is 0 Å². The van der Waals surface area contributed by atoms with Gasteiger partial charge in [0.25, 0.3) is 11.8 Å². The molecule has 7 nitrogen and oxygen atoms in total. The number of para-hydroxylation sites is 1. The van der Waals surface area contributed by atoms with Crippen molar-refractivity contribution in [3.63, 3.8) is 0 Å². The summed E-state index contributed by atoms with van der Waals surface area (Å²) >= 11 is 1.67. The number of nitrogens with zero attached hydrogens (tertiary/aromatic N) is 2. The predicted molar refractivity (Wildman–Crippen MR) is 109 cm³/mol. The second kappa shape index (κ2) is 6.72. The fraction of sp³-hybridized carbons (Fsp3) is 0.250. The first-order valence-corrected chi connectivity index (χ1v) is 11.5. The van der Waals surface area contributed by atoms with Crippen molar-refractivity contribution in [2.24, 2.45) is 0 Å². The number of carbonyl (C=O) groups is 2. The Morgan fingerprint density at radius 1 is 1.00 bits per heavy atom. The van der Waals surface area contributed by atoms with E-state index in [4.69, 9.17) is 4.98 Å². The minimum absolute atomic E-state index is 0.0412. The van der Waals surface area contributed by atoms with Crippen LogP contribution in [0.1, 0.15) is 44.5 Å². The van der Waals surface area contributed by atoms with Crippen LogP contribution in [0.15, 0.2) is 47.4 Å². The molecule has 0 unspecified atom stereocenters. The van der Waals surface area contributed by atoms with E-state index in [9.17, 15) is 18.0 Å². The van der Waals surface area contributed by atoms with Crippen LogP contribution in [-0.2, 0) is 10.0 Å². The van der Waals surface area contributed by atoms with Crippen molar-refractivity contribution in [1.82, 2.24) is 14.6 Å². The number of hydrogen-bond donors (Lipinski definition) is 1. The Hall–Kier alpha value is -2.62. The van der Waals surface area contributed by atoms with E-state index in [0.29, 0.717) is 25.9 Å². The lowest BCUT2D eigenvalue weighted by molar-refractivity contribution is 0.0879. The average Bonchev–Trinajstić information content (AvgIpc) is 3.29. The van der Waals surface area contributed by atoms with Crippen molar-refractivity contribution < 1.29 is 18.0 Å². The Balaban J connectivity index is 1.35. The van der Waals surface area contributed by atoms with Gasteiger partial charge in [-0.3, -0.25) is 14.9 Å². The first kappa shape index (κ1) is 18.4. The maximum Gasteiger partial charge on any atom is 0.258 e. The molecule has 0 aliphatic carbocycles. The number of hydrogen-bond acceptors (Lipinski definition) is 6. The summed E-state index contributed by atoms with van der Waals surface area (Å²) < 4.78 is 28.7. The normalized spacial score (nSPS) is 18.2. The number of rotatable bonds is 3. The predicted octanol–water partition coefficient (Wildman–Crippen LogP) is 2.75. The van der Waals surface area contributed by atoms with E-state index in [1.54, 1.807) is 11.3 Å². The van der Waals surface area contributed by atoms with Crippen molar-refractivity contribution in [2.45, 2.75) is 23.7 Å². The van der Waals surface area contributed by atoms with Crippen molar-refractivity contribution >= 4 is 43.4 Å². The van der Waals surface area contributed by atoms with Crippen LogP contribution in [0.25, 0.3) is 10.2 Å². The number of carbonyl (C=O) groups excluding carboxylic acids is 2. The molecular formula is C20H17N3O4S2. The molecule has 1 saturated heterocycles. The maximum atomic E-state index is 13.1. The highest BCUT2D eigenvalue weighted by Gasteiger charge is 2.33. The topological polar surface area (TPSA) is 96.4 Å². The summed E-state index contributed by atoms with van der Waals surface area (Å²) in [6.45, 7) is 0.788. The molecule has 1 fully saturated rings. The standard InChI is InChI=1S/C20H17N3O4S2/c24-18-14-6-5-13(11-15(14)19(25)22-18)29(26,27)23-9-7-12(8-10-23)20-21-16-3-1-2-4-17(16)28-20/h1-6,11-12H,7-10H2,(H,22,24,25). The number of piperidine rings is 1. The lowest BCUT2D eigenvalue weighted by Crippen LogP contribution is -2.37. The zero-order valence-electron chi connectivity index (χ0n) is 15.3. The second-order valence-corrected chi connectivity index (χ2v) is 10.2. The average molecular weight is 428 g/mol. The minimum Gasteiger partial charge on any atom is -0.288 e. The van der Waals surface area contributed by atoms with Gasteiger partial charge in [0.15, 0.2) is 0 Å². The first-order chi connectivity index (χ1) is 13.9. The van der Waals surface area contributed by atoms with Crippen molar-refractivity contribution in [3.05, 3.63) is 58.6 Å². The van der Waals surface area contributed by atoms with Crippen molar-refractivity contribution in [3.8, 4) is 0 Å². The molecule has 2 amide bonds. The molecule has 0 atom stereocenters. The highest BCUT2D eigenvalue weighted by Crippen LogP contribution is 2.35. The van der Waals surface area contributed by atoms with Gasteiger partial charge in [0.2, 0.25) is 10.0 Å². The van der Waals surface area contributed by atoms with Gasteiger partial charge in [0.05, 0.1) is 31.2 Å². The van der Waals surface area contributed by atoms with Crippen LogP contribution in [0.2, 0.25) is 0 Å². The molecule has 2 aliphatic rings. The molecule has 0 radical (unpaired) electrons. The zero-order chi connectivity index (χ0) is 20.2.